The highest BCUT2D eigenvalue weighted by Crippen LogP contribution is 2.12. The van der Waals surface area contributed by atoms with Crippen molar-refractivity contribution in [1.82, 2.24) is 10.3 Å². The van der Waals surface area contributed by atoms with Gasteiger partial charge in [-0.2, -0.15) is 0 Å². The summed E-state index contributed by atoms with van der Waals surface area (Å²) in [6, 6.07) is 7.00. The van der Waals surface area contributed by atoms with Crippen LogP contribution in [0.4, 0.5) is 0 Å². The molecular weight excluding hydrogens is 292 g/mol. The van der Waals surface area contributed by atoms with Crippen molar-refractivity contribution in [2.45, 2.75) is 24.8 Å². The Morgan fingerprint density at radius 2 is 1.95 bits per heavy atom. The number of hydrogen-bond donors (Lipinski definition) is 1. The summed E-state index contributed by atoms with van der Waals surface area (Å²) in [7, 11) is -3.11. The molecule has 2 rings (SSSR count). The van der Waals surface area contributed by atoms with Gasteiger partial charge in [-0.1, -0.05) is 12.1 Å². The van der Waals surface area contributed by atoms with Gasteiger partial charge >= 0.3 is 0 Å². The molecule has 0 saturated heterocycles. The SMILES string of the molecule is Cc1ncsc1CCNCc1ccc(S(C)(=O)=O)cc1. The lowest BCUT2D eigenvalue weighted by Gasteiger charge is -2.05. The molecule has 1 N–H and O–H groups in total. The first-order valence-electron chi connectivity index (χ1n) is 6.35. The van der Waals surface area contributed by atoms with Crippen LogP contribution in [0.3, 0.4) is 0 Å². The standard InChI is InChI=1S/C14H18N2O2S2/c1-11-14(19-10-16-11)7-8-15-9-12-3-5-13(6-4-12)20(2,17)18/h3-6,10,15H,7-9H2,1-2H3. The maximum absolute atomic E-state index is 11.3. The lowest BCUT2D eigenvalue weighted by atomic mass is 10.2. The van der Waals surface area contributed by atoms with E-state index in [1.54, 1.807) is 23.5 Å². The molecule has 0 spiro atoms. The summed E-state index contributed by atoms with van der Waals surface area (Å²) in [6.07, 6.45) is 2.19. The van der Waals surface area contributed by atoms with Crippen LogP contribution in [0, 0.1) is 6.92 Å². The van der Waals surface area contributed by atoms with Gasteiger partial charge in [-0.25, -0.2) is 13.4 Å². The molecule has 2 aromatic rings. The smallest absolute Gasteiger partial charge is 0.175 e. The van der Waals surface area contributed by atoms with Gasteiger partial charge in [-0.3, -0.25) is 0 Å². The number of thiazole rings is 1. The first-order valence-corrected chi connectivity index (χ1v) is 9.12. The fourth-order valence-corrected chi connectivity index (χ4v) is 3.27. The second-order valence-corrected chi connectivity index (χ2v) is 7.66. The van der Waals surface area contributed by atoms with Gasteiger partial charge in [-0.05, 0) is 31.0 Å². The minimum Gasteiger partial charge on any atom is -0.312 e. The summed E-state index contributed by atoms with van der Waals surface area (Å²) < 4.78 is 22.7. The molecule has 1 heterocycles. The van der Waals surface area contributed by atoms with Crippen molar-refractivity contribution >= 4 is 21.2 Å². The van der Waals surface area contributed by atoms with Crippen molar-refractivity contribution < 1.29 is 8.42 Å². The predicted molar refractivity (Wildman–Crippen MR) is 81.8 cm³/mol. The number of nitrogens with one attached hydrogen (secondary N) is 1. The summed E-state index contributed by atoms with van der Waals surface area (Å²) in [5.41, 5.74) is 4.06. The Morgan fingerprint density at radius 3 is 2.50 bits per heavy atom. The number of rotatable bonds is 6. The maximum atomic E-state index is 11.3. The average molecular weight is 310 g/mol. The van der Waals surface area contributed by atoms with Crippen molar-refractivity contribution in [3.63, 3.8) is 0 Å². The summed E-state index contributed by atoms with van der Waals surface area (Å²) >= 11 is 1.68. The largest absolute Gasteiger partial charge is 0.312 e. The van der Waals surface area contributed by atoms with Crippen LogP contribution in [-0.4, -0.2) is 26.2 Å². The van der Waals surface area contributed by atoms with Crippen molar-refractivity contribution in [1.29, 1.82) is 0 Å². The first-order chi connectivity index (χ1) is 9.47. The number of sulfone groups is 1. The molecule has 0 unspecified atom stereocenters. The molecular formula is C14H18N2O2S2. The third-order valence-corrected chi connectivity index (χ3v) is 5.18. The quantitative estimate of drug-likeness (QED) is 0.831. The summed E-state index contributed by atoms with van der Waals surface area (Å²) in [6.45, 7) is 3.65. The molecule has 0 aliphatic carbocycles. The monoisotopic (exact) mass is 310 g/mol. The van der Waals surface area contributed by atoms with E-state index in [2.05, 4.69) is 10.3 Å². The zero-order chi connectivity index (χ0) is 14.6. The number of hydrogen-bond acceptors (Lipinski definition) is 5. The molecule has 4 nitrogen and oxygen atoms in total. The van der Waals surface area contributed by atoms with Crippen LogP contribution >= 0.6 is 11.3 Å². The van der Waals surface area contributed by atoms with Crippen LogP contribution < -0.4 is 5.32 Å². The second kappa shape index (κ2) is 6.47. The lowest BCUT2D eigenvalue weighted by molar-refractivity contribution is 0.602. The molecule has 108 valence electrons. The van der Waals surface area contributed by atoms with Crippen molar-refractivity contribution in [3.8, 4) is 0 Å². The minimum absolute atomic E-state index is 0.363. The molecule has 0 fully saturated rings. The molecule has 1 aromatic heterocycles. The Hall–Kier alpha value is -1.24. The van der Waals surface area contributed by atoms with Gasteiger partial charge in [0.2, 0.25) is 0 Å². The third kappa shape index (κ3) is 4.13. The van der Waals surface area contributed by atoms with E-state index in [9.17, 15) is 8.42 Å². The zero-order valence-corrected chi connectivity index (χ0v) is 13.2. The molecule has 0 aliphatic heterocycles. The van der Waals surface area contributed by atoms with Gasteiger partial charge in [0.25, 0.3) is 0 Å². The van der Waals surface area contributed by atoms with Gasteiger partial charge in [0, 0.05) is 24.2 Å². The van der Waals surface area contributed by atoms with Crippen molar-refractivity contribution in [2.75, 3.05) is 12.8 Å². The van der Waals surface area contributed by atoms with Crippen molar-refractivity contribution in [3.05, 3.63) is 45.9 Å². The normalized spacial score (nSPS) is 11.7. The van der Waals surface area contributed by atoms with E-state index in [1.165, 1.54) is 11.1 Å². The fraction of sp³-hybridized carbons (Fsp3) is 0.357. The van der Waals surface area contributed by atoms with E-state index in [0.717, 1.165) is 30.8 Å². The van der Waals surface area contributed by atoms with Crippen LogP contribution in [0.1, 0.15) is 16.1 Å². The highest BCUT2D eigenvalue weighted by molar-refractivity contribution is 7.90. The summed E-state index contributed by atoms with van der Waals surface area (Å²) in [5, 5.41) is 3.35. The molecule has 0 radical (unpaired) electrons. The van der Waals surface area contributed by atoms with E-state index in [0.29, 0.717) is 4.90 Å². The summed E-state index contributed by atoms with van der Waals surface area (Å²) in [5.74, 6) is 0. The van der Waals surface area contributed by atoms with Crippen LogP contribution in [0.5, 0.6) is 0 Å². The zero-order valence-electron chi connectivity index (χ0n) is 11.6. The van der Waals surface area contributed by atoms with Crippen molar-refractivity contribution in [2.24, 2.45) is 0 Å². The Morgan fingerprint density at radius 1 is 1.25 bits per heavy atom. The van der Waals surface area contributed by atoms with Gasteiger partial charge in [0.05, 0.1) is 16.1 Å². The Bertz CT molecular complexity index is 661. The minimum atomic E-state index is -3.11. The summed E-state index contributed by atoms with van der Waals surface area (Å²) in [4.78, 5) is 5.89. The molecule has 6 heteroatoms. The van der Waals surface area contributed by atoms with Gasteiger partial charge in [-0.15, -0.1) is 11.3 Å². The highest BCUT2D eigenvalue weighted by atomic mass is 32.2. The fourth-order valence-electron chi connectivity index (χ4n) is 1.86. The maximum Gasteiger partial charge on any atom is 0.175 e. The lowest BCUT2D eigenvalue weighted by Crippen LogP contribution is -2.16. The molecule has 0 saturated carbocycles. The molecule has 1 aromatic carbocycles. The average Bonchev–Trinajstić information content (AvgIpc) is 2.80. The number of aromatic nitrogens is 1. The molecule has 20 heavy (non-hydrogen) atoms. The number of aryl methyl sites for hydroxylation is 1. The predicted octanol–water partition coefficient (Wildman–Crippen LogP) is 2.19. The van der Waals surface area contributed by atoms with E-state index in [1.807, 2.05) is 24.6 Å². The Labute approximate surface area is 123 Å². The Kier molecular flexibility index (Phi) is 4.91. The molecule has 0 bridgehead atoms. The van der Waals surface area contributed by atoms with E-state index in [-0.39, 0.29) is 0 Å². The van der Waals surface area contributed by atoms with Crippen LogP contribution in [-0.2, 0) is 22.8 Å². The number of nitrogens with zero attached hydrogens (tertiary/aromatic N) is 1. The first kappa shape index (κ1) is 15.2. The van der Waals surface area contributed by atoms with E-state index < -0.39 is 9.84 Å². The highest BCUT2D eigenvalue weighted by Gasteiger charge is 2.06. The van der Waals surface area contributed by atoms with Gasteiger partial charge in [0.1, 0.15) is 0 Å². The number of benzene rings is 1. The van der Waals surface area contributed by atoms with Gasteiger partial charge in [0.15, 0.2) is 9.84 Å². The van der Waals surface area contributed by atoms with Crippen LogP contribution in [0.2, 0.25) is 0 Å². The Balaban J connectivity index is 1.81. The van der Waals surface area contributed by atoms with E-state index in [4.69, 9.17) is 0 Å². The van der Waals surface area contributed by atoms with Crippen LogP contribution in [0.15, 0.2) is 34.7 Å². The van der Waals surface area contributed by atoms with Gasteiger partial charge < -0.3 is 5.32 Å². The van der Waals surface area contributed by atoms with Crippen LogP contribution in [0.25, 0.3) is 0 Å². The topological polar surface area (TPSA) is 59.1 Å². The molecule has 0 aliphatic rings. The third-order valence-electron chi connectivity index (χ3n) is 3.05. The van der Waals surface area contributed by atoms with E-state index >= 15 is 0 Å². The molecule has 0 atom stereocenters. The molecule has 0 amide bonds. The second-order valence-electron chi connectivity index (χ2n) is 4.70.